The van der Waals surface area contributed by atoms with Crippen LogP contribution >= 0.6 is 23.2 Å². The summed E-state index contributed by atoms with van der Waals surface area (Å²) in [7, 11) is 1.60. The molecule has 13 heavy (non-hydrogen) atoms. The van der Waals surface area contributed by atoms with E-state index in [4.69, 9.17) is 27.9 Å². The minimum Gasteiger partial charge on any atom is -0.499 e. The fourth-order valence-corrected chi connectivity index (χ4v) is 1.69. The zero-order chi connectivity index (χ0) is 9.84. The molecule has 4 heteroatoms. The van der Waals surface area contributed by atoms with Crippen molar-refractivity contribution in [1.82, 2.24) is 0 Å². The Kier molecular flexibility index (Phi) is 4.07. The first-order chi connectivity index (χ1) is 6.15. The molecule has 0 aromatic carbocycles. The van der Waals surface area contributed by atoms with Crippen molar-refractivity contribution in [1.29, 1.82) is 0 Å². The Morgan fingerprint density at radius 2 is 2.31 bits per heavy atom. The normalized spacial score (nSPS) is 37.8. The van der Waals surface area contributed by atoms with Crippen LogP contribution in [0.2, 0.25) is 0 Å². The Labute approximate surface area is 88.6 Å². The van der Waals surface area contributed by atoms with Gasteiger partial charge in [0.1, 0.15) is 10.9 Å². The van der Waals surface area contributed by atoms with Gasteiger partial charge in [-0.3, -0.25) is 4.99 Å². The molecule has 0 aromatic rings. The molecule has 0 saturated heterocycles. The molecule has 74 valence electrons. The molecule has 0 saturated carbocycles. The molecule has 1 heterocycles. The van der Waals surface area contributed by atoms with Crippen molar-refractivity contribution in [2.45, 2.75) is 18.7 Å². The number of alkyl halides is 1. The van der Waals surface area contributed by atoms with Gasteiger partial charge in [-0.05, 0) is 12.3 Å². The van der Waals surface area contributed by atoms with Gasteiger partial charge in [0, 0.05) is 12.6 Å². The summed E-state index contributed by atoms with van der Waals surface area (Å²) < 4.78 is 5.14. The minimum atomic E-state index is -0.103. The van der Waals surface area contributed by atoms with E-state index in [1.165, 1.54) is 0 Å². The Morgan fingerprint density at radius 1 is 1.62 bits per heavy atom. The number of hydrogen-bond acceptors (Lipinski definition) is 2. The fraction of sp³-hybridized carbons (Fsp3) is 0.667. The van der Waals surface area contributed by atoms with Crippen molar-refractivity contribution in [3.05, 3.63) is 11.8 Å². The van der Waals surface area contributed by atoms with Crippen molar-refractivity contribution >= 4 is 28.4 Å². The minimum absolute atomic E-state index is 0.103. The van der Waals surface area contributed by atoms with Gasteiger partial charge < -0.3 is 4.74 Å². The Morgan fingerprint density at radius 3 is 2.92 bits per heavy atom. The lowest BCUT2D eigenvalue weighted by atomic mass is 10.0. The molecule has 2 atom stereocenters. The maximum Gasteiger partial charge on any atom is 0.126 e. The Hall–Kier alpha value is -0.210. The van der Waals surface area contributed by atoms with Crippen molar-refractivity contribution < 1.29 is 4.74 Å². The maximum atomic E-state index is 6.17. The molecule has 0 spiro atoms. The highest BCUT2D eigenvalue weighted by molar-refractivity contribution is 6.68. The lowest BCUT2D eigenvalue weighted by molar-refractivity contribution is 0.263. The van der Waals surface area contributed by atoms with Gasteiger partial charge in [-0.15, -0.1) is 11.6 Å². The molecular weight excluding hydrogens is 209 g/mol. The van der Waals surface area contributed by atoms with Gasteiger partial charge in [0.15, 0.2) is 0 Å². The van der Waals surface area contributed by atoms with Crippen LogP contribution in [0.4, 0.5) is 0 Å². The molecule has 0 bridgehead atoms. The molecule has 0 N–H and O–H groups in total. The summed E-state index contributed by atoms with van der Waals surface area (Å²) in [5.74, 6) is 1.06. The quantitative estimate of drug-likeness (QED) is 0.625. The van der Waals surface area contributed by atoms with Gasteiger partial charge in [0.05, 0.1) is 12.5 Å². The van der Waals surface area contributed by atoms with E-state index in [2.05, 4.69) is 11.9 Å². The monoisotopic (exact) mass is 221 g/mol. The zero-order valence-electron chi connectivity index (χ0n) is 7.76. The highest BCUT2D eigenvalue weighted by Gasteiger charge is 2.21. The number of nitrogens with zero attached hydrogens (tertiary/aromatic N) is 1. The van der Waals surface area contributed by atoms with Gasteiger partial charge >= 0.3 is 0 Å². The number of halogens is 2. The first kappa shape index (κ1) is 10.9. The zero-order valence-corrected chi connectivity index (χ0v) is 9.27. The number of ether oxygens (including phenoxy) is 1. The van der Waals surface area contributed by atoms with E-state index >= 15 is 0 Å². The van der Waals surface area contributed by atoms with E-state index in [9.17, 15) is 0 Å². The van der Waals surface area contributed by atoms with Gasteiger partial charge in [-0.25, -0.2) is 0 Å². The van der Waals surface area contributed by atoms with Gasteiger partial charge in [0.25, 0.3) is 0 Å². The fourth-order valence-electron chi connectivity index (χ4n) is 1.22. The van der Waals surface area contributed by atoms with Crippen LogP contribution in [0.1, 0.15) is 13.3 Å². The summed E-state index contributed by atoms with van der Waals surface area (Å²) in [6.45, 7) is 2.82. The molecular formula is C9H13Cl2NO. The third kappa shape index (κ3) is 2.89. The van der Waals surface area contributed by atoms with Gasteiger partial charge in [0.2, 0.25) is 0 Å². The molecule has 1 rings (SSSR count). The van der Waals surface area contributed by atoms with Crippen molar-refractivity contribution in [2.24, 2.45) is 10.9 Å². The second-order valence-corrected chi connectivity index (χ2v) is 3.98. The summed E-state index contributed by atoms with van der Waals surface area (Å²) >= 11 is 12.0. The first-order valence-electron chi connectivity index (χ1n) is 4.24. The molecule has 0 aromatic heterocycles. The number of hydrogen-bond donors (Lipinski definition) is 0. The molecule has 2 unspecified atom stereocenters. The van der Waals surface area contributed by atoms with E-state index in [-0.39, 0.29) is 5.38 Å². The molecule has 1 aliphatic rings. The second kappa shape index (κ2) is 4.87. The van der Waals surface area contributed by atoms with Crippen LogP contribution in [0.15, 0.2) is 16.8 Å². The molecule has 2 nitrogen and oxygen atoms in total. The standard InChI is InChI=1S/C9H13Cl2NO/c1-6-3-4-12-8(10)5-7(13-2)9(6)11/h5-6,9H,3-4H2,1-2H3/b7-5+,12-8+. The van der Waals surface area contributed by atoms with Crippen LogP contribution in [0.3, 0.4) is 0 Å². The number of aliphatic imine (C=N–C) groups is 1. The van der Waals surface area contributed by atoms with Crippen LogP contribution in [0, 0.1) is 5.92 Å². The van der Waals surface area contributed by atoms with Crippen LogP contribution in [-0.4, -0.2) is 24.2 Å². The molecule has 1 aliphatic heterocycles. The lowest BCUT2D eigenvalue weighted by Gasteiger charge is -2.20. The first-order valence-corrected chi connectivity index (χ1v) is 5.06. The van der Waals surface area contributed by atoms with Crippen LogP contribution in [0.5, 0.6) is 0 Å². The highest BCUT2D eigenvalue weighted by Crippen LogP contribution is 2.24. The maximum absolute atomic E-state index is 6.17. The Bertz CT molecular complexity index is 238. The van der Waals surface area contributed by atoms with E-state index in [1.54, 1.807) is 13.2 Å². The molecule has 0 fully saturated rings. The predicted molar refractivity (Wildman–Crippen MR) is 56.7 cm³/mol. The molecule has 0 aliphatic carbocycles. The van der Waals surface area contributed by atoms with Crippen molar-refractivity contribution in [2.75, 3.05) is 13.7 Å². The molecule has 0 amide bonds. The van der Waals surface area contributed by atoms with Crippen molar-refractivity contribution in [3.63, 3.8) is 0 Å². The van der Waals surface area contributed by atoms with Crippen LogP contribution in [0.25, 0.3) is 0 Å². The topological polar surface area (TPSA) is 21.6 Å². The second-order valence-electron chi connectivity index (χ2n) is 3.12. The van der Waals surface area contributed by atoms with E-state index in [1.807, 2.05) is 0 Å². The van der Waals surface area contributed by atoms with Crippen molar-refractivity contribution in [3.8, 4) is 0 Å². The third-order valence-corrected chi connectivity index (χ3v) is 2.99. The van der Waals surface area contributed by atoms with Crippen LogP contribution < -0.4 is 0 Å². The number of methoxy groups -OCH3 is 1. The van der Waals surface area contributed by atoms with E-state index < -0.39 is 0 Å². The third-order valence-electron chi connectivity index (χ3n) is 2.12. The average Bonchev–Trinajstić information content (AvgIpc) is 2.11. The lowest BCUT2D eigenvalue weighted by Crippen LogP contribution is -2.19. The summed E-state index contributed by atoms with van der Waals surface area (Å²) in [6.07, 6.45) is 2.62. The Balaban J connectivity index is 2.87. The average molecular weight is 222 g/mol. The summed E-state index contributed by atoms with van der Waals surface area (Å²) in [5.41, 5.74) is 0. The smallest absolute Gasteiger partial charge is 0.126 e. The SMILES string of the molecule is CO/C1=C/C(Cl)=N\CCC(C)C1Cl. The van der Waals surface area contributed by atoms with Gasteiger partial charge in [-0.2, -0.15) is 0 Å². The number of allylic oxidation sites excluding steroid dienone is 2. The highest BCUT2D eigenvalue weighted by atomic mass is 35.5. The summed E-state index contributed by atoms with van der Waals surface area (Å²) in [5, 5.41) is 0.364. The largest absolute Gasteiger partial charge is 0.499 e. The summed E-state index contributed by atoms with van der Waals surface area (Å²) in [6, 6.07) is 0. The summed E-state index contributed by atoms with van der Waals surface area (Å²) in [4.78, 5) is 4.13. The van der Waals surface area contributed by atoms with E-state index in [0.29, 0.717) is 16.8 Å². The number of rotatable bonds is 1. The van der Waals surface area contributed by atoms with Crippen LogP contribution in [-0.2, 0) is 4.74 Å². The predicted octanol–water partition coefficient (Wildman–Crippen LogP) is 2.80. The molecule has 0 radical (unpaired) electrons. The van der Waals surface area contributed by atoms with E-state index in [0.717, 1.165) is 13.0 Å². The van der Waals surface area contributed by atoms with Gasteiger partial charge in [-0.1, -0.05) is 18.5 Å².